The number of benzene rings is 2. The minimum atomic E-state index is -0.408. The molecule has 0 aliphatic carbocycles. The number of amides is 1. The number of anilines is 1. The molecule has 0 radical (unpaired) electrons. The Bertz CT molecular complexity index is 688. The summed E-state index contributed by atoms with van der Waals surface area (Å²) in [4.78, 5) is 24.1. The topological polar surface area (TPSA) is 55.4 Å². The second kappa shape index (κ2) is 8.60. The highest BCUT2D eigenvalue weighted by atomic mass is 35.5. The van der Waals surface area contributed by atoms with Gasteiger partial charge in [0.1, 0.15) is 6.61 Å². The van der Waals surface area contributed by atoms with Gasteiger partial charge in [-0.3, -0.25) is 4.79 Å². The van der Waals surface area contributed by atoms with E-state index in [0.29, 0.717) is 28.6 Å². The van der Waals surface area contributed by atoms with Gasteiger partial charge >= 0.3 is 5.97 Å². The summed E-state index contributed by atoms with van der Waals surface area (Å²) >= 11 is 7.41. The zero-order valence-corrected chi connectivity index (χ0v) is 14.1. The van der Waals surface area contributed by atoms with E-state index in [-0.39, 0.29) is 5.91 Å². The van der Waals surface area contributed by atoms with Crippen LogP contribution in [0.5, 0.6) is 0 Å². The van der Waals surface area contributed by atoms with E-state index in [0.717, 1.165) is 4.90 Å². The van der Waals surface area contributed by atoms with Crippen LogP contribution in [0.3, 0.4) is 0 Å². The molecule has 0 aliphatic heterocycles. The fraction of sp³-hybridized carbons (Fsp3) is 0.176. The molecule has 0 heterocycles. The van der Waals surface area contributed by atoms with Crippen LogP contribution < -0.4 is 5.32 Å². The molecule has 0 fully saturated rings. The van der Waals surface area contributed by atoms with Gasteiger partial charge in [-0.05, 0) is 42.5 Å². The molecule has 2 aromatic carbocycles. The van der Waals surface area contributed by atoms with Gasteiger partial charge in [-0.25, -0.2) is 4.79 Å². The lowest BCUT2D eigenvalue weighted by Gasteiger charge is -2.07. The smallest absolute Gasteiger partial charge is 0.338 e. The SMILES string of the molecule is CC(=O)Nc1cccc(C(=O)OCCSc2ccc(Cl)cc2)c1. The predicted octanol–water partition coefficient (Wildman–Crippen LogP) is 4.25. The lowest BCUT2D eigenvalue weighted by Crippen LogP contribution is -2.10. The van der Waals surface area contributed by atoms with Gasteiger partial charge in [0.15, 0.2) is 0 Å². The highest BCUT2D eigenvalue weighted by Crippen LogP contribution is 2.20. The third kappa shape index (κ3) is 5.96. The molecule has 0 bridgehead atoms. The van der Waals surface area contributed by atoms with E-state index in [1.807, 2.05) is 24.3 Å². The Morgan fingerprint density at radius 2 is 1.91 bits per heavy atom. The van der Waals surface area contributed by atoms with Gasteiger partial charge in [-0.15, -0.1) is 11.8 Å². The molecular weight excluding hydrogens is 334 g/mol. The average molecular weight is 350 g/mol. The van der Waals surface area contributed by atoms with Crippen LogP contribution in [0.1, 0.15) is 17.3 Å². The van der Waals surface area contributed by atoms with Crippen molar-refractivity contribution in [3.63, 3.8) is 0 Å². The molecule has 0 aromatic heterocycles. The first-order valence-electron chi connectivity index (χ1n) is 6.98. The third-order valence-corrected chi connectivity index (χ3v) is 4.05. The van der Waals surface area contributed by atoms with Crippen molar-refractivity contribution in [3.8, 4) is 0 Å². The van der Waals surface area contributed by atoms with Gasteiger partial charge in [0.2, 0.25) is 5.91 Å². The fourth-order valence-corrected chi connectivity index (χ4v) is 2.69. The molecule has 2 rings (SSSR count). The molecule has 1 amide bonds. The predicted molar refractivity (Wildman–Crippen MR) is 93.2 cm³/mol. The maximum absolute atomic E-state index is 12.0. The first kappa shape index (κ1) is 17.4. The highest BCUT2D eigenvalue weighted by molar-refractivity contribution is 7.99. The Kier molecular flexibility index (Phi) is 6.50. The standard InChI is InChI=1S/C17H16ClNO3S/c1-12(20)19-15-4-2-3-13(11-15)17(21)22-9-10-23-16-7-5-14(18)6-8-16/h2-8,11H,9-10H2,1H3,(H,19,20). The molecule has 0 unspecified atom stereocenters. The Balaban J connectivity index is 1.80. The fourth-order valence-electron chi connectivity index (χ4n) is 1.84. The molecule has 0 saturated heterocycles. The van der Waals surface area contributed by atoms with E-state index in [2.05, 4.69) is 5.32 Å². The summed E-state index contributed by atoms with van der Waals surface area (Å²) < 4.78 is 5.23. The van der Waals surface area contributed by atoms with Crippen LogP contribution in [0.25, 0.3) is 0 Å². The zero-order valence-electron chi connectivity index (χ0n) is 12.5. The molecular formula is C17H16ClNO3S. The van der Waals surface area contributed by atoms with Crippen molar-refractivity contribution in [2.45, 2.75) is 11.8 Å². The van der Waals surface area contributed by atoms with Crippen LogP contribution in [-0.2, 0) is 9.53 Å². The van der Waals surface area contributed by atoms with Crippen molar-refractivity contribution in [2.75, 3.05) is 17.7 Å². The van der Waals surface area contributed by atoms with Crippen LogP contribution in [0.4, 0.5) is 5.69 Å². The number of halogens is 1. The van der Waals surface area contributed by atoms with Crippen molar-refractivity contribution in [3.05, 3.63) is 59.1 Å². The highest BCUT2D eigenvalue weighted by Gasteiger charge is 2.08. The van der Waals surface area contributed by atoms with Gasteiger partial charge in [-0.2, -0.15) is 0 Å². The van der Waals surface area contributed by atoms with Crippen molar-refractivity contribution in [2.24, 2.45) is 0 Å². The molecule has 0 aliphatic rings. The Labute approximate surface area is 144 Å². The summed E-state index contributed by atoms with van der Waals surface area (Å²) in [5.74, 6) is 0.0578. The van der Waals surface area contributed by atoms with Crippen LogP contribution in [0, 0.1) is 0 Å². The second-order valence-electron chi connectivity index (χ2n) is 4.70. The maximum atomic E-state index is 12.0. The summed E-state index contributed by atoms with van der Waals surface area (Å²) in [6, 6.07) is 14.2. The number of carbonyl (C=O) groups excluding carboxylic acids is 2. The van der Waals surface area contributed by atoms with Gasteiger partial charge < -0.3 is 10.1 Å². The van der Waals surface area contributed by atoms with Crippen molar-refractivity contribution < 1.29 is 14.3 Å². The first-order valence-corrected chi connectivity index (χ1v) is 8.34. The third-order valence-electron chi connectivity index (χ3n) is 2.82. The number of nitrogens with one attached hydrogen (secondary N) is 1. The van der Waals surface area contributed by atoms with Crippen molar-refractivity contribution >= 4 is 40.9 Å². The second-order valence-corrected chi connectivity index (χ2v) is 6.31. The van der Waals surface area contributed by atoms with Crippen molar-refractivity contribution in [1.29, 1.82) is 0 Å². The van der Waals surface area contributed by atoms with Crippen LogP contribution in [0.2, 0.25) is 5.02 Å². The first-order chi connectivity index (χ1) is 11.0. The van der Waals surface area contributed by atoms with E-state index in [9.17, 15) is 9.59 Å². The van der Waals surface area contributed by atoms with Gasteiger partial charge in [0, 0.05) is 28.3 Å². The van der Waals surface area contributed by atoms with Gasteiger partial charge in [0.05, 0.1) is 5.56 Å². The summed E-state index contributed by atoms with van der Waals surface area (Å²) in [6.45, 7) is 1.72. The van der Waals surface area contributed by atoms with Gasteiger partial charge in [-0.1, -0.05) is 17.7 Å². The average Bonchev–Trinajstić information content (AvgIpc) is 2.52. The van der Waals surface area contributed by atoms with E-state index in [1.165, 1.54) is 6.92 Å². The molecule has 6 heteroatoms. The van der Waals surface area contributed by atoms with E-state index < -0.39 is 5.97 Å². The summed E-state index contributed by atoms with van der Waals surface area (Å²) in [5, 5.41) is 3.33. The molecule has 0 atom stereocenters. The number of hydrogen-bond donors (Lipinski definition) is 1. The molecule has 1 N–H and O–H groups in total. The Hall–Kier alpha value is -1.98. The largest absolute Gasteiger partial charge is 0.461 e. The van der Waals surface area contributed by atoms with Crippen LogP contribution in [0.15, 0.2) is 53.4 Å². The van der Waals surface area contributed by atoms with E-state index in [4.69, 9.17) is 16.3 Å². The minimum Gasteiger partial charge on any atom is -0.461 e. The monoisotopic (exact) mass is 349 g/mol. The van der Waals surface area contributed by atoms with E-state index >= 15 is 0 Å². The van der Waals surface area contributed by atoms with Crippen LogP contribution in [-0.4, -0.2) is 24.2 Å². The Morgan fingerprint density at radius 3 is 2.61 bits per heavy atom. The van der Waals surface area contributed by atoms with Crippen LogP contribution >= 0.6 is 23.4 Å². The minimum absolute atomic E-state index is 0.185. The molecule has 0 spiro atoms. The quantitative estimate of drug-likeness (QED) is 0.481. The number of hydrogen-bond acceptors (Lipinski definition) is 4. The molecule has 4 nitrogen and oxygen atoms in total. The van der Waals surface area contributed by atoms with Crippen molar-refractivity contribution in [1.82, 2.24) is 0 Å². The van der Waals surface area contributed by atoms with E-state index in [1.54, 1.807) is 36.0 Å². The molecule has 2 aromatic rings. The summed E-state index contributed by atoms with van der Waals surface area (Å²) in [5.41, 5.74) is 0.982. The molecule has 23 heavy (non-hydrogen) atoms. The molecule has 0 saturated carbocycles. The Morgan fingerprint density at radius 1 is 1.17 bits per heavy atom. The lowest BCUT2D eigenvalue weighted by atomic mass is 10.2. The normalized spacial score (nSPS) is 10.2. The number of carbonyl (C=O) groups is 2. The number of esters is 1. The number of thioether (sulfide) groups is 1. The lowest BCUT2D eigenvalue weighted by molar-refractivity contribution is -0.114. The maximum Gasteiger partial charge on any atom is 0.338 e. The summed E-state index contributed by atoms with van der Waals surface area (Å²) in [7, 11) is 0. The zero-order chi connectivity index (χ0) is 16.7. The molecule has 120 valence electrons. The van der Waals surface area contributed by atoms with Gasteiger partial charge in [0.25, 0.3) is 0 Å². The number of rotatable bonds is 6. The summed E-state index contributed by atoms with van der Waals surface area (Å²) in [6.07, 6.45) is 0. The number of ether oxygens (including phenoxy) is 1.